The van der Waals surface area contributed by atoms with E-state index < -0.39 is 35.0 Å². The van der Waals surface area contributed by atoms with Crippen molar-refractivity contribution in [2.75, 3.05) is 11.9 Å². The normalized spacial score (nSPS) is 10.6. The van der Waals surface area contributed by atoms with Gasteiger partial charge in [0, 0.05) is 9.99 Å². The number of nitrogens with one attached hydrogen (secondary N) is 3. The number of hydroxylamine groups is 2. The van der Waals surface area contributed by atoms with Gasteiger partial charge in [0.1, 0.15) is 5.82 Å². The molecule has 0 fully saturated rings. The molecule has 0 atom stereocenters. The minimum Gasteiger partial charge on any atom is -0.350 e. The summed E-state index contributed by atoms with van der Waals surface area (Å²) in [6.45, 7) is 0.163. The summed E-state index contributed by atoms with van der Waals surface area (Å²) in [5.41, 5.74) is 2.82. The van der Waals surface area contributed by atoms with Crippen LogP contribution in [0.3, 0.4) is 0 Å². The van der Waals surface area contributed by atoms with Gasteiger partial charge in [0.05, 0.1) is 23.5 Å². The first-order valence-electron chi connectivity index (χ1n) is 9.38. The van der Waals surface area contributed by atoms with Crippen molar-refractivity contribution in [3.8, 4) is 0 Å². The lowest BCUT2D eigenvalue weighted by Crippen LogP contribution is -2.25. The van der Waals surface area contributed by atoms with Gasteiger partial charge in [-0.1, -0.05) is 12.8 Å². The van der Waals surface area contributed by atoms with Gasteiger partial charge in [0.25, 0.3) is 5.91 Å². The van der Waals surface area contributed by atoms with Crippen molar-refractivity contribution >= 4 is 45.8 Å². The molecule has 0 bridgehead atoms. The van der Waals surface area contributed by atoms with E-state index in [1.807, 2.05) is 22.6 Å². The molecule has 0 aliphatic carbocycles. The van der Waals surface area contributed by atoms with Crippen LogP contribution in [0.25, 0.3) is 0 Å². The second-order valence-electron chi connectivity index (χ2n) is 6.51. The molecule has 0 radical (unpaired) electrons. The second-order valence-corrected chi connectivity index (χ2v) is 7.76. The zero-order valence-corrected chi connectivity index (χ0v) is 18.5. The van der Waals surface area contributed by atoms with Crippen molar-refractivity contribution in [3.05, 3.63) is 56.9 Å². The van der Waals surface area contributed by atoms with Gasteiger partial charge in [0.15, 0.2) is 11.6 Å². The van der Waals surface area contributed by atoms with E-state index >= 15 is 0 Å². The molecular formula is C20H21F3IN3O4. The molecule has 0 aliphatic rings. The largest absolute Gasteiger partial charge is 0.350 e. The van der Waals surface area contributed by atoms with Crippen molar-refractivity contribution in [1.29, 1.82) is 0 Å². The molecule has 0 spiro atoms. The number of hydrogen-bond acceptors (Lipinski definition) is 5. The SMILES string of the molecule is O=C(CCCCCCONC(=O)c1ccc(F)c(F)c1Nc1ccc(I)cc1F)NO. The molecular weight excluding hydrogens is 530 g/mol. The minimum absolute atomic E-state index is 0.116. The van der Waals surface area contributed by atoms with Gasteiger partial charge in [-0.15, -0.1) is 0 Å². The fourth-order valence-corrected chi connectivity index (χ4v) is 3.08. The Morgan fingerprint density at radius 2 is 1.74 bits per heavy atom. The maximum Gasteiger partial charge on any atom is 0.277 e. The van der Waals surface area contributed by atoms with Crippen LogP contribution < -0.4 is 16.3 Å². The maximum absolute atomic E-state index is 14.3. The summed E-state index contributed by atoms with van der Waals surface area (Å²) in [6, 6.07) is 5.99. The number of halogens is 4. The average Bonchev–Trinajstić information content (AvgIpc) is 2.74. The van der Waals surface area contributed by atoms with Crippen molar-refractivity contribution < 1.29 is 32.8 Å². The molecule has 0 aromatic heterocycles. The van der Waals surface area contributed by atoms with Gasteiger partial charge in [0.2, 0.25) is 5.91 Å². The molecule has 0 saturated heterocycles. The number of carbonyl (C=O) groups is 2. The lowest BCUT2D eigenvalue weighted by atomic mass is 10.1. The number of anilines is 2. The highest BCUT2D eigenvalue weighted by Gasteiger charge is 2.20. The Balaban J connectivity index is 1.92. The predicted octanol–water partition coefficient (Wildman–Crippen LogP) is 4.57. The van der Waals surface area contributed by atoms with Crippen molar-refractivity contribution in [2.45, 2.75) is 32.1 Å². The zero-order chi connectivity index (χ0) is 22.8. The number of benzene rings is 2. The monoisotopic (exact) mass is 551 g/mol. The molecule has 2 amide bonds. The maximum atomic E-state index is 14.3. The topological polar surface area (TPSA) is 99.7 Å². The summed E-state index contributed by atoms with van der Waals surface area (Å²) in [5.74, 6) is -4.48. The second kappa shape index (κ2) is 12.5. The number of amides is 2. The minimum atomic E-state index is -1.32. The average molecular weight is 551 g/mol. The van der Waals surface area contributed by atoms with Crippen LogP contribution in [0.2, 0.25) is 0 Å². The van der Waals surface area contributed by atoms with Gasteiger partial charge in [-0.3, -0.25) is 19.6 Å². The third kappa shape index (κ3) is 7.67. The van der Waals surface area contributed by atoms with Gasteiger partial charge >= 0.3 is 0 Å². The Morgan fingerprint density at radius 3 is 2.45 bits per heavy atom. The van der Waals surface area contributed by atoms with Crippen molar-refractivity contribution in [2.24, 2.45) is 0 Å². The van der Waals surface area contributed by atoms with E-state index in [4.69, 9.17) is 10.0 Å². The molecule has 7 nitrogen and oxygen atoms in total. The number of unbranched alkanes of at least 4 members (excludes halogenated alkanes) is 3. The quantitative estimate of drug-likeness (QED) is 0.142. The highest BCUT2D eigenvalue weighted by molar-refractivity contribution is 14.1. The molecule has 2 aromatic carbocycles. The van der Waals surface area contributed by atoms with Crippen LogP contribution in [0.15, 0.2) is 30.3 Å². The first kappa shape index (κ1) is 24.9. The van der Waals surface area contributed by atoms with E-state index in [1.165, 1.54) is 12.1 Å². The van der Waals surface area contributed by atoms with E-state index in [1.54, 1.807) is 11.5 Å². The lowest BCUT2D eigenvalue weighted by Gasteiger charge is -2.14. The molecule has 0 aliphatic heterocycles. The standard InChI is InChI=1S/C20H21F3IN3O4/c21-14-8-7-13(19(18(14)23)25-16-9-6-12(24)11-15(16)22)20(29)27-31-10-4-2-1-3-5-17(28)26-30/h6-9,11,25,30H,1-5,10H2,(H,26,28)(H,27,29). The highest BCUT2D eigenvalue weighted by Crippen LogP contribution is 2.28. The smallest absolute Gasteiger partial charge is 0.277 e. The van der Waals surface area contributed by atoms with E-state index in [0.717, 1.165) is 25.0 Å². The summed E-state index contributed by atoms with van der Waals surface area (Å²) in [5, 5.41) is 10.8. The highest BCUT2D eigenvalue weighted by atomic mass is 127. The fourth-order valence-electron chi connectivity index (χ4n) is 2.63. The van der Waals surface area contributed by atoms with Crippen LogP contribution in [-0.2, 0) is 9.63 Å². The van der Waals surface area contributed by atoms with Crippen LogP contribution in [-0.4, -0.2) is 23.6 Å². The molecule has 11 heteroatoms. The van der Waals surface area contributed by atoms with Gasteiger partial charge in [-0.05, 0) is 65.8 Å². The van der Waals surface area contributed by atoms with Crippen LogP contribution in [0.5, 0.6) is 0 Å². The zero-order valence-electron chi connectivity index (χ0n) is 16.3. The molecule has 168 valence electrons. The fraction of sp³-hybridized carbons (Fsp3) is 0.300. The van der Waals surface area contributed by atoms with E-state index in [9.17, 15) is 22.8 Å². The number of hydrogen-bond donors (Lipinski definition) is 4. The summed E-state index contributed by atoms with van der Waals surface area (Å²) >= 11 is 1.91. The van der Waals surface area contributed by atoms with Gasteiger partial charge in [-0.2, -0.15) is 0 Å². The number of rotatable bonds is 11. The van der Waals surface area contributed by atoms with Crippen molar-refractivity contribution in [1.82, 2.24) is 11.0 Å². The predicted molar refractivity (Wildman–Crippen MR) is 115 cm³/mol. The third-order valence-corrected chi connectivity index (χ3v) is 4.89. The Bertz CT molecular complexity index is 931. The Morgan fingerprint density at radius 1 is 1.00 bits per heavy atom. The van der Waals surface area contributed by atoms with Gasteiger partial charge < -0.3 is 5.32 Å². The first-order chi connectivity index (χ1) is 14.8. The third-order valence-electron chi connectivity index (χ3n) is 4.22. The molecule has 2 aromatic rings. The Hall–Kier alpha value is -2.38. The van der Waals surface area contributed by atoms with Crippen LogP contribution >= 0.6 is 22.6 Å². The molecule has 31 heavy (non-hydrogen) atoms. The molecule has 0 unspecified atom stereocenters. The lowest BCUT2D eigenvalue weighted by molar-refractivity contribution is -0.129. The molecule has 4 N–H and O–H groups in total. The van der Waals surface area contributed by atoms with Crippen LogP contribution in [0.1, 0.15) is 42.5 Å². The molecule has 0 heterocycles. The van der Waals surface area contributed by atoms with Crippen LogP contribution in [0, 0.1) is 21.0 Å². The summed E-state index contributed by atoms with van der Waals surface area (Å²) in [4.78, 5) is 28.3. The number of carbonyl (C=O) groups excluding carboxylic acids is 2. The molecule has 2 rings (SSSR count). The summed E-state index contributed by atoms with van der Waals surface area (Å²) in [6.07, 6.45) is 2.83. The first-order valence-corrected chi connectivity index (χ1v) is 10.5. The Kier molecular flexibility index (Phi) is 10.0. The summed E-state index contributed by atoms with van der Waals surface area (Å²) < 4.78 is 42.8. The van der Waals surface area contributed by atoms with Crippen molar-refractivity contribution in [3.63, 3.8) is 0 Å². The van der Waals surface area contributed by atoms with E-state index in [0.29, 0.717) is 16.4 Å². The molecule has 0 saturated carbocycles. The van der Waals surface area contributed by atoms with Crippen LogP contribution in [0.4, 0.5) is 24.5 Å². The van der Waals surface area contributed by atoms with Gasteiger partial charge in [-0.25, -0.2) is 24.1 Å². The summed E-state index contributed by atoms with van der Waals surface area (Å²) in [7, 11) is 0. The van der Waals surface area contributed by atoms with E-state index in [2.05, 4.69) is 10.8 Å². The Labute approximate surface area is 190 Å². The van der Waals surface area contributed by atoms with E-state index in [-0.39, 0.29) is 24.3 Å².